The van der Waals surface area contributed by atoms with Gasteiger partial charge < -0.3 is 0 Å². The second-order valence-electron chi connectivity index (χ2n) is 21.6. The lowest BCUT2D eigenvalue weighted by Gasteiger charge is -2.37. The molecular formula is C68H74. The largest absolute Gasteiger partial charge is 0.0714 e. The van der Waals surface area contributed by atoms with Crippen LogP contribution in [0.1, 0.15) is 191 Å². The third-order valence-corrected chi connectivity index (χ3v) is 17.7. The number of fused-ring (bicyclic) bond motifs is 8. The summed E-state index contributed by atoms with van der Waals surface area (Å²) in [7, 11) is 0. The fourth-order valence-corrected chi connectivity index (χ4v) is 13.3. The smallest absolute Gasteiger partial charge is 0.0654 e. The van der Waals surface area contributed by atoms with Gasteiger partial charge in [0, 0.05) is 5.41 Å². The van der Waals surface area contributed by atoms with Crippen molar-refractivity contribution >= 4 is 0 Å². The fraction of sp³-hybridized carbons (Fsp3) is 0.382. The molecule has 4 aliphatic carbocycles. The molecule has 0 N–H and O–H groups in total. The molecule has 0 heterocycles. The van der Waals surface area contributed by atoms with Gasteiger partial charge in [0.2, 0.25) is 0 Å². The average molecular weight is 891 g/mol. The van der Waals surface area contributed by atoms with E-state index < -0.39 is 5.41 Å². The van der Waals surface area contributed by atoms with E-state index >= 15 is 0 Å². The molecule has 0 aliphatic heterocycles. The van der Waals surface area contributed by atoms with Crippen LogP contribution in [0.4, 0.5) is 0 Å². The predicted molar refractivity (Wildman–Crippen MR) is 290 cm³/mol. The minimum absolute atomic E-state index is 0.0298. The van der Waals surface area contributed by atoms with Crippen molar-refractivity contribution in [2.75, 3.05) is 0 Å². The summed E-state index contributed by atoms with van der Waals surface area (Å²) >= 11 is 0. The third-order valence-electron chi connectivity index (χ3n) is 17.7. The predicted octanol–water partition coefficient (Wildman–Crippen LogP) is 18.9. The van der Waals surface area contributed by atoms with E-state index in [0.29, 0.717) is 5.92 Å². The van der Waals surface area contributed by atoms with Crippen LogP contribution >= 0.6 is 0 Å². The van der Waals surface area contributed by atoms with Crippen LogP contribution in [0.25, 0.3) is 44.5 Å². The Hall–Kier alpha value is -5.46. The Morgan fingerprint density at radius 1 is 0.382 bits per heavy atom. The van der Waals surface area contributed by atoms with Gasteiger partial charge in [0.25, 0.3) is 0 Å². The van der Waals surface area contributed by atoms with Crippen LogP contribution in [-0.4, -0.2) is 0 Å². The van der Waals surface area contributed by atoms with Crippen molar-refractivity contribution in [2.45, 2.75) is 166 Å². The van der Waals surface area contributed by atoms with E-state index in [4.69, 9.17) is 0 Å². The van der Waals surface area contributed by atoms with E-state index in [1.807, 2.05) is 0 Å². The molecule has 346 valence electrons. The molecule has 0 bridgehead atoms. The summed E-state index contributed by atoms with van der Waals surface area (Å²) in [5.74, 6) is 0.558. The van der Waals surface area contributed by atoms with E-state index in [1.54, 1.807) is 11.1 Å². The van der Waals surface area contributed by atoms with E-state index in [-0.39, 0.29) is 5.41 Å². The normalized spacial score (nSPS) is 15.6. The van der Waals surface area contributed by atoms with Crippen LogP contribution in [0.5, 0.6) is 0 Å². The highest BCUT2D eigenvalue weighted by Crippen LogP contribution is 2.60. The number of benzene rings is 7. The quantitative estimate of drug-likeness (QED) is 0.0669. The van der Waals surface area contributed by atoms with Crippen molar-refractivity contribution in [3.05, 3.63) is 201 Å². The molecule has 0 aromatic heterocycles. The van der Waals surface area contributed by atoms with Crippen LogP contribution < -0.4 is 0 Å². The van der Waals surface area contributed by atoms with Crippen molar-refractivity contribution in [1.29, 1.82) is 0 Å². The summed E-state index contributed by atoms with van der Waals surface area (Å²) in [5.41, 5.74) is 27.1. The molecule has 0 nitrogen and oxygen atoms in total. The first-order valence-electron chi connectivity index (χ1n) is 27.4. The molecular weight excluding hydrogens is 817 g/mol. The summed E-state index contributed by atoms with van der Waals surface area (Å²) < 4.78 is 0. The van der Waals surface area contributed by atoms with Crippen LogP contribution in [0.2, 0.25) is 0 Å². The zero-order chi connectivity index (χ0) is 46.2. The molecule has 0 amide bonds. The summed E-state index contributed by atoms with van der Waals surface area (Å²) in [6, 6.07) is 56.5. The first-order chi connectivity index (χ1) is 33.5. The minimum atomic E-state index is -0.445. The van der Waals surface area contributed by atoms with Gasteiger partial charge in [0.1, 0.15) is 0 Å². The molecule has 4 aliphatic rings. The molecule has 0 saturated heterocycles. The highest BCUT2D eigenvalue weighted by molar-refractivity contribution is 5.91. The molecule has 0 heteroatoms. The lowest BCUT2D eigenvalue weighted by Crippen LogP contribution is -2.30. The molecule has 7 aromatic carbocycles. The van der Waals surface area contributed by atoms with Crippen LogP contribution in [-0.2, 0) is 36.5 Å². The maximum absolute atomic E-state index is 2.70. The summed E-state index contributed by atoms with van der Waals surface area (Å²) in [5, 5.41) is 0. The average Bonchev–Trinajstić information content (AvgIpc) is 3.80. The van der Waals surface area contributed by atoms with Crippen molar-refractivity contribution in [1.82, 2.24) is 0 Å². The summed E-state index contributed by atoms with van der Waals surface area (Å²) in [4.78, 5) is 0. The minimum Gasteiger partial charge on any atom is -0.0654 e. The molecule has 1 unspecified atom stereocenters. The molecule has 0 saturated carbocycles. The Kier molecular flexibility index (Phi) is 12.7. The van der Waals surface area contributed by atoms with Gasteiger partial charge in [-0.3, -0.25) is 0 Å². The molecule has 11 rings (SSSR count). The van der Waals surface area contributed by atoms with Gasteiger partial charge in [-0.05, 0) is 175 Å². The van der Waals surface area contributed by atoms with Crippen molar-refractivity contribution in [3.63, 3.8) is 0 Å². The van der Waals surface area contributed by atoms with Gasteiger partial charge in [-0.2, -0.15) is 0 Å². The number of hydrogen-bond acceptors (Lipinski definition) is 0. The monoisotopic (exact) mass is 891 g/mol. The van der Waals surface area contributed by atoms with Gasteiger partial charge in [-0.25, -0.2) is 0 Å². The van der Waals surface area contributed by atoms with E-state index in [9.17, 15) is 0 Å². The molecule has 7 aromatic rings. The molecule has 1 atom stereocenters. The number of rotatable bonds is 20. The van der Waals surface area contributed by atoms with Crippen molar-refractivity contribution in [3.8, 4) is 44.5 Å². The summed E-state index contributed by atoms with van der Waals surface area (Å²) in [6.45, 7) is 9.47. The molecule has 0 fully saturated rings. The standard InChI is InChI=1S/C68H74/c1-5-8-10-12-14-19-39-67(40-20-15-13-11-9-6-2)63-43-51(47(4)7-3)29-35-59(63)60-36-31-55(44-64(60)67)56-32-38-62-61-37-30-54(48-21-17-16-18-22-48)45-65(61)68(66(62)46-56,57-33-27-49-23-25-52(49)41-57)58-34-28-50-24-26-53(50)42-58/h16-18,21-22,27-38,41-47H,5-15,19-20,23-26,39-40H2,1-4H3. The highest BCUT2D eigenvalue weighted by Gasteiger charge is 2.48. The number of hydrogen-bond donors (Lipinski definition) is 0. The number of unbranched alkanes of at least 4 members (excludes halogenated alkanes) is 10. The molecule has 0 radical (unpaired) electrons. The van der Waals surface area contributed by atoms with Crippen LogP contribution in [0.3, 0.4) is 0 Å². The zero-order valence-electron chi connectivity index (χ0n) is 41.8. The van der Waals surface area contributed by atoms with Gasteiger partial charge in [-0.1, -0.05) is 226 Å². The van der Waals surface area contributed by atoms with Gasteiger partial charge in [0.15, 0.2) is 0 Å². The topological polar surface area (TPSA) is 0 Å². The Morgan fingerprint density at radius 3 is 1.31 bits per heavy atom. The molecule has 68 heavy (non-hydrogen) atoms. The lowest BCUT2D eigenvalue weighted by molar-refractivity contribution is 0.397. The maximum atomic E-state index is 2.70. The van der Waals surface area contributed by atoms with E-state index in [0.717, 1.165) is 0 Å². The Bertz CT molecular complexity index is 2870. The zero-order valence-corrected chi connectivity index (χ0v) is 41.8. The first-order valence-corrected chi connectivity index (χ1v) is 27.4. The fourth-order valence-electron chi connectivity index (χ4n) is 13.3. The second-order valence-corrected chi connectivity index (χ2v) is 21.6. The Morgan fingerprint density at radius 2 is 0.824 bits per heavy atom. The van der Waals surface area contributed by atoms with E-state index in [1.165, 1.54) is 217 Å². The number of aryl methyl sites for hydroxylation is 4. The van der Waals surface area contributed by atoms with Crippen molar-refractivity contribution < 1.29 is 0 Å². The highest BCUT2D eigenvalue weighted by atomic mass is 14.5. The maximum Gasteiger partial charge on any atom is 0.0714 e. The van der Waals surface area contributed by atoms with E-state index in [2.05, 4.69) is 167 Å². The summed E-state index contributed by atoms with van der Waals surface area (Å²) in [6.07, 6.45) is 24.4. The lowest BCUT2D eigenvalue weighted by atomic mass is 9.65. The Balaban J connectivity index is 1.08. The van der Waals surface area contributed by atoms with Gasteiger partial charge in [0.05, 0.1) is 5.41 Å². The Labute approximate surface area is 409 Å². The van der Waals surface area contributed by atoms with Gasteiger partial charge >= 0.3 is 0 Å². The SMILES string of the molecule is CCCCCCCCC1(CCCCCCCC)c2cc(-c3ccc4c(c3)C(c3ccc5c(c3)CC5)(c3ccc5c(c3)CC5)c3cc(-c5ccccc5)ccc3-4)ccc2-c2ccc(C(C)CC)cc21. The van der Waals surface area contributed by atoms with Crippen LogP contribution in [0, 0.1) is 0 Å². The van der Waals surface area contributed by atoms with Gasteiger partial charge in [-0.15, -0.1) is 0 Å². The second kappa shape index (κ2) is 19.1. The first kappa shape index (κ1) is 45.0. The third kappa shape index (κ3) is 7.74. The van der Waals surface area contributed by atoms with Crippen molar-refractivity contribution in [2.24, 2.45) is 0 Å². The molecule has 0 spiro atoms. The van der Waals surface area contributed by atoms with Crippen LogP contribution in [0.15, 0.2) is 140 Å².